The molecule has 3 nitrogen and oxygen atoms in total. The van der Waals surface area contributed by atoms with Crippen molar-refractivity contribution in [2.45, 2.75) is 44.7 Å². The van der Waals surface area contributed by atoms with E-state index in [9.17, 15) is 17.7 Å². The fraction of sp³-hybridized carbons (Fsp3) is 0.583. The van der Waals surface area contributed by atoms with Gasteiger partial charge < -0.3 is 4.55 Å². The first-order valence-electron chi connectivity index (χ1n) is 5.73. The average Bonchev–Trinajstić information content (AvgIpc) is 2.26. The van der Waals surface area contributed by atoms with Crippen LogP contribution in [0.15, 0.2) is 18.3 Å². The molecule has 1 aromatic heterocycles. The van der Waals surface area contributed by atoms with Crippen molar-refractivity contribution in [3.8, 4) is 0 Å². The van der Waals surface area contributed by atoms with Crippen LogP contribution in [0.25, 0.3) is 0 Å². The smallest absolute Gasteiger partial charge is 0.433 e. The highest BCUT2D eigenvalue weighted by atomic mass is 32.2. The highest BCUT2D eigenvalue weighted by Gasteiger charge is 2.33. The quantitative estimate of drug-likeness (QED) is 0.871. The van der Waals surface area contributed by atoms with Gasteiger partial charge in [-0.1, -0.05) is 6.07 Å². The first-order chi connectivity index (χ1) is 8.51. The van der Waals surface area contributed by atoms with Crippen molar-refractivity contribution in [1.82, 2.24) is 9.71 Å². The van der Waals surface area contributed by atoms with Crippen LogP contribution in [0.3, 0.4) is 0 Å². The number of hydrogen-bond donors (Lipinski definition) is 1. The lowest BCUT2D eigenvalue weighted by molar-refractivity contribution is -0.141. The molecule has 0 fully saturated rings. The predicted molar refractivity (Wildman–Crippen MR) is 68.7 cm³/mol. The van der Waals surface area contributed by atoms with Gasteiger partial charge in [0.1, 0.15) is 10.4 Å². The lowest BCUT2D eigenvalue weighted by Gasteiger charge is -2.26. The Morgan fingerprint density at radius 3 is 2.21 bits per heavy atom. The Balaban J connectivity index is 2.76. The number of alkyl halides is 3. The molecule has 0 unspecified atom stereocenters. The van der Waals surface area contributed by atoms with Gasteiger partial charge in [0.2, 0.25) is 0 Å². The van der Waals surface area contributed by atoms with Gasteiger partial charge in [-0.3, -0.25) is 4.98 Å². The van der Waals surface area contributed by atoms with Crippen LogP contribution < -0.4 is 4.72 Å². The van der Waals surface area contributed by atoms with E-state index in [1.54, 1.807) is 6.92 Å². The van der Waals surface area contributed by atoms with E-state index in [2.05, 4.69) is 9.71 Å². The van der Waals surface area contributed by atoms with Gasteiger partial charge in [-0.15, -0.1) is 4.72 Å². The maximum absolute atomic E-state index is 12.4. The molecule has 7 heteroatoms. The molecule has 0 bridgehead atoms. The largest absolute Gasteiger partial charge is 0.598 e. The summed E-state index contributed by atoms with van der Waals surface area (Å²) in [5.41, 5.74) is -0.369. The van der Waals surface area contributed by atoms with Crippen molar-refractivity contribution in [1.29, 1.82) is 0 Å². The first kappa shape index (κ1) is 16.3. The minimum absolute atomic E-state index is 0.338. The second kappa shape index (κ2) is 5.68. The van der Waals surface area contributed by atoms with Crippen LogP contribution in [0.5, 0.6) is 0 Å². The van der Waals surface area contributed by atoms with Crippen LogP contribution in [-0.2, 0) is 17.5 Å². The van der Waals surface area contributed by atoms with Crippen LogP contribution in [-0.4, -0.2) is 14.3 Å². The highest BCUT2D eigenvalue weighted by molar-refractivity contribution is 7.90. The van der Waals surface area contributed by atoms with Gasteiger partial charge in [-0.25, -0.2) is 0 Å². The number of pyridine rings is 1. The number of rotatable bonds is 3. The standard InChI is InChI=1S/C12H17F3N2OS/c1-8(17-19(18)11(2,3)4)9-5-6-10(16-7-9)12(13,14)15/h5-8,17H,1-4H3/t8-,19-/m0/s1. The van der Waals surface area contributed by atoms with Crippen LogP contribution >= 0.6 is 0 Å². The molecule has 1 N–H and O–H groups in total. The Morgan fingerprint density at radius 2 is 1.84 bits per heavy atom. The molecule has 0 aromatic carbocycles. The molecular weight excluding hydrogens is 277 g/mol. The fourth-order valence-corrected chi connectivity index (χ4v) is 2.05. The molecule has 0 spiro atoms. The number of nitrogens with zero attached hydrogens (tertiary/aromatic N) is 1. The summed E-state index contributed by atoms with van der Waals surface area (Å²) < 4.78 is 51.4. The Hall–Kier alpha value is -0.790. The maximum atomic E-state index is 12.4. The van der Waals surface area contributed by atoms with E-state index in [0.29, 0.717) is 5.56 Å². The molecule has 2 atom stereocenters. The fourth-order valence-electron chi connectivity index (χ4n) is 1.23. The molecule has 0 aliphatic heterocycles. The molecule has 0 saturated carbocycles. The zero-order valence-electron chi connectivity index (χ0n) is 11.2. The maximum Gasteiger partial charge on any atom is 0.433 e. The number of hydrogen-bond acceptors (Lipinski definition) is 3. The summed E-state index contributed by atoms with van der Waals surface area (Å²) in [5, 5.41) is 0. The second-order valence-corrected chi connectivity index (χ2v) is 7.19. The molecule has 0 aliphatic rings. The third kappa shape index (κ3) is 4.67. The molecule has 108 valence electrons. The van der Waals surface area contributed by atoms with E-state index in [-0.39, 0.29) is 6.04 Å². The minimum Gasteiger partial charge on any atom is -0.598 e. The summed E-state index contributed by atoms with van der Waals surface area (Å²) in [7, 11) is 0. The molecule has 0 saturated heterocycles. The van der Waals surface area contributed by atoms with E-state index < -0.39 is 28.0 Å². The van der Waals surface area contributed by atoms with Gasteiger partial charge in [-0.05, 0) is 39.3 Å². The average molecular weight is 294 g/mol. The second-order valence-electron chi connectivity index (χ2n) is 5.20. The molecule has 1 heterocycles. The first-order valence-corrected chi connectivity index (χ1v) is 6.88. The molecule has 0 amide bonds. The summed E-state index contributed by atoms with van der Waals surface area (Å²) in [5.74, 6) is 0. The Morgan fingerprint density at radius 1 is 1.26 bits per heavy atom. The lowest BCUT2D eigenvalue weighted by Crippen LogP contribution is -2.40. The summed E-state index contributed by atoms with van der Waals surface area (Å²) >= 11 is -1.29. The van der Waals surface area contributed by atoms with E-state index in [1.165, 1.54) is 6.07 Å². The summed E-state index contributed by atoms with van der Waals surface area (Å²) in [6, 6.07) is 1.93. The Kier molecular flexibility index (Phi) is 4.86. The van der Waals surface area contributed by atoms with Gasteiger partial charge in [-0.2, -0.15) is 13.2 Å². The third-order valence-electron chi connectivity index (χ3n) is 2.42. The topological polar surface area (TPSA) is 48.0 Å². The Bertz CT molecular complexity index is 414. The molecular formula is C12H17F3N2OS. The number of aromatic nitrogens is 1. The van der Waals surface area contributed by atoms with Crippen molar-refractivity contribution in [3.05, 3.63) is 29.6 Å². The molecule has 1 rings (SSSR count). The normalized spacial score (nSPS) is 16.2. The van der Waals surface area contributed by atoms with Crippen molar-refractivity contribution in [3.63, 3.8) is 0 Å². The third-order valence-corrected chi connectivity index (χ3v) is 4.10. The summed E-state index contributed by atoms with van der Waals surface area (Å²) in [4.78, 5) is 3.38. The molecule has 19 heavy (non-hydrogen) atoms. The highest BCUT2D eigenvalue weighted by Crippen LogP contribution is 2.28. The van der Waals surface area contributed by atoms with Crippen molar-refractivity contribution >= 4 is 11.4 Å². The number of halogens is 3. The summed E-state index contributed by atoms with van der Waals surface area (Å²) in [6.07, 6.45) is -3.29. The van der Waals surface area contributed by atoms with E-state index >= 15 is 0 Å². The van der Waals surface area contributed by atoms with Crippen LogP contribution in [0.1, 0.15) is 45.0 Å². The van der Waals surface area contributed by atoms with Gasteiger partial charge in [0.05, 0.1) is 6.04 Å². The Labute approximate surface area is 113 Å². The monoisotopic (exact) mass is 294 g/mol. The van der Waals surface area contributed by atoms with Crippen LogP contribution in [0, 0.1) is 0 Å². The van der Waals surface area contributed by atoms with E-state index in [1.807, 2.05) is 20.8 Å². The van der Waals surface area contributed by atoms with Crippen molar-refractivity contribution in [2.75, 3.05) is 0 Å². The van der Waals surface area contributed by atoms with Gasteiger partial charge >= 0.3 is 6.18 Å². The predicted octanol–water partition coefficient (Wildman–Crippen LogP) is 3.21. The van der Waals surface area contributed by atoms with E-state index in [0.717, 1.165) is 12.3 Å². The molecule has 1 aromatic rings. The van der Waals surface area contributed by atoms with Gasteiger partial charge in [0.15, 0.2) is 0 Å². The van der Waals surface area contributed by atoms with Crippen molar-refractivity contribution in [2.24, 2.45) is 0 Å². The molecule has 0 radical (unpaired) electrons. The van der Waals surface area contributed by atoms with Crippen molar-refractivity contribution < 1.29 is 17.7 Å². The van der Waals surface area contributed by atoms with Crippen LogP contribution in [0.2, 0.25) is 0 Å². The summed E-state index contributed by atoms with van der Waals surface area (Å²) in [6.45, 7) is 7.17. The minimum atomic E-state index is -4.44. The van der Waals surface area contributed by atoms with Gasteiger partial charge in [0, 0.05) is 17.6 Å². The SMILES string of the molecule is C[C@H](N[S@@+]([O-])C(C)(C)C)c1ccc(C(F)(F)F)nc1. The van der Waals surface area contributed by atoms with Gasteiger partial charge in [0.25, 0.3) is 0 Å². The molecule has 0 aliphatic carbocycles. The number of nitrogens with one attached hydrogen (secondary N) is 1. The zero-order valence-corrected chi connectivity index (χ0v) is 12.0. The van der Waals surface area contributed by atoms with E-state index in [4.69, 9.17) is 0 Å². The lowest BCUT2D eigenvalue weighted by atomic mass is 10.1. The zero-order chi connectivity index (χ0) is 14.8. The van der Waals surface area contributed by atoms with Crippen LogP contribution in [0.4, 0.5) is 13.2 Å².